The first-order valence-corrected chi connectivity index (χ1v) is 10.7. The van der Waals surface area contributed by atoms with E-state index in [9.17, 15) is 9.90 Å². The smallest absolute Gasteiger partial charge is 0.221 e. The number of likely N-dealkylation sites (N-methyl/N-ethyl adjacent to an activating group) is 1. The molecule has 5 rings (SSSR count). The second-order valence-corrected chi connectivity index (χ2v) is 8.78. The van der Waals surface area contributed by atoms with Crippen molar-refractivity contribution in [2.75, 3.05) is 11.9 Å². The highest BCUT2D eigenvalue weighted by atomic mass is 16.5. The number of para-hydroxylation sites is 1. The molecule has 3 heterocycles. The molecule has 0 fully saturated rings. The van der Waals surface area contributed by atoms with E-state index in [2.05, 4.69) is 93.0 Å². The zero-order valence-electron chi connectivity index (χ0n) is 19.1. The number of benzene rings is 2. The van der Waals surface area contributed by atoms with E-state index >= 15 is 0 Å². The molecule has 164 valence electrons. The van der Waals surface area contributed by atoms with Crippen LogP contribution in [0.15, 0.2) is 72.9 Å². The van der Waals surface area contributed by atoms with Gasteiger partial charge < -0.3 is 19.5 Å². The molecule has 0 bridgehead atoms. The first-order chi connectivity index (χ1) is 15.2. The lowest BCUT2D eigenvalue weighted by molar-refractivity contribution is -0.678. The minimum atomic E-state index is -1.13. The third-order valence-corrected chi connectivity index (χ3v) is 6.69. The van der Waals surface area contributed by atoms with Crippen LogP contribution in [-0.2, 0) is 12.5 Å². The average Bonchev–Trinajstić information content (AvgIpc) is 2.96. The molecule has 0 radical (unpaired) electrons. The summed E-state index contributed by atoms with van der Waals surface area (Å²) < 4.78 is 8.83. The van der Waals surface area contributed by atoms with E-state index < -0.39 is 11.7 Å². The molecule has 0 saturated carbocycles. The third-order valence-electron chi connectivity index (χ3n) is 6.69. The lowest BCUT2D eigenvalue weighted by Crippen LogP contribution is -2.58. The Balaban J connectivity index is 0.000000230. The molecule has 0 N–H and O–H groups in total. The second kappa shape index (κ2) is 7.83. The number of anilines is 1. The lowest BCUT2D eigenvalue weighted by atomic mass is 9.76. The number of ether oxygens (including phenoxy) is 1. The molecule has 1 unspecified atom stereocenters. The molecule has 0 saturated heterocycles. The normalized spacial score (nSPS) is 19.5. The average molecular weight is 429 g/mol. The molecule has 1 aromatic heterocycles. The van der Waals surface area contributed by atoms with Crippen molar-refractivity contribution in [2.45, 2.75) is 31.9 Å². The van der Waals surface area contributed by atoms with Gasteiger partial charge in [-0.05, 0) is 43.2 Å². The summed E-state index contributed by atoms with van der Waals surface area (Å²) >= 11 is 0. The second-order valence-electron chi connectivity index (χ2n) is 8.78. The van der Waals surface area contributed by atoms with Crippen molar-refractivity contribution in [1.29, 1.82) is 0 Å². The van der Waals surface area contributed by atoms with Crippen LogP contribution in [0.5, 0.6) is 5.75 Å². The van der Waals surface area contributed by atoms with Gasteiger partial charge in [0.05, 0.1) is 11.4 Å². The number of carboxylic acids is 1. The van der Waals surface area contributed by atoms with Gasteiger partial charge in [-0.2, -0.15) is 0 Å². The number of aromatic carboxylic acids is 1. The van der Waals surface area contributed by atoms with Crippen LogP contribution >= 0.6 is 0 Å². The molecular weight excluding hydrogens is 400 g/mol. The van der Waals surface area contributed by atoms with Gasteiger partial charge in [0, 0.05) is 31.3 Å². The Bertz CT molecular complexity index is 1200. The molecule has 1 spiro atoms. The van der Waals surface area contributed by atoms with E-state index in [0.717, 1.165) is 17.0 Å². The van der Waals surface area contributed by atoms with Crippen molar-refractivity contribution in [3.63, 3.8) is 0 Å². The van der Waals surface area contributed by atoms with Crippen molar-refractivity contribution >= 4 is 17.7 Å². The molecule has 0 aliphatic carbocycles. The predicted octanol–water partition coefficient (Wildman–Crippen LogP) is 3.40. The maximum absolute atomic E-state index is 10.1. The van der Waals surface area contributed by atoms with Crippen LogP contribution in [0.4, 0.5) is 5.69 Å². The SMILES string of the molecule is Cc1c2c(cc[n+]1C)C=CC1(O2)N(C)c2ccccc2C1(C)C.O=C([O-])c1ccccc1. The quantitative estimate of drug-likeness (QED) is 0.558. The Labute approximate surface area is 189 Å². The number of carbonyl (C=O) groups excluding carboxylic acids is 1. The van der Waals surface area contributed by atoms with Crippen molar-refractivity contribution in [1.82, 2.24) is 0 Å². The summed E-state index contributed by atoms with van der Waals surface area (Å²) in [4.78, 5) is 12.4. The van der Waals surface area contributed by atoms with Gasteiger partial charge in [0.15, 0.2) is 11.9 Å². The number of nitrogens with zero attached hydrogens (tertiary/aromatic N) is 2. The molecule has 0 amide bonds. The number of aryl methyl sites for hydroxylation is 1. The van der Waals surface area contributed by atoms with Gasteiger partial charge in [-0.1, -0.05) is 48.5 Å². The zero-order chi connectivity index (χ0) is 23.1. The molecule has 1 atom stereocenters. The van der Waals surface area contributed by atoms with Gasteiger partial charge in [-0.3, -0.25) is 0 Å². The Morgan fingerprint density at radius 1 is 1.03 bits per heavy atom. The maximum Gasteiger partial charge on any atom is 0.221 e. The van der Waals surface area contributed by atoms with Crippen molar-refractivity contribution in [3.8, 4) is 5.75 Å². The Hall–Kier alpha value is -3.60. The van der Waals surface area contributed by atoms with Gasteiger partial charge in [0.2, 0.25) is 11.4 Å². The van der Waals surface area contributed by atoms with E-state index in [1.807, 2.05) is 0 Å². The van der Waals surface area contributed by atoms with Gasteiger partial charge in [-0.15, -0.1) is 0 Å². The molecule has 2 aliphatic rings. The highest BCUT2D eigenvalue weighted by Gasteiger charge is 2.58. The number of hydrogen-bond donors (Lipinski definition) is 0. The van der Waals surface area contributed by atoms with Gasteiger partial charge >= 0.3 is 0 Å². The van der Waals surface area contributed by atoms with Crippen LogP contribution in [0.3, 0.4) is 0 Å². The highest BCUT2D eigenvalue weighted by molar-refractivity contribution is 5.85. The third kappa shape index (κ3) is 3.25. The van der Waals surface area contributed by atoms with E-state index in [1.54, 1.807) is 18.2 Å². The fourth-order valence-corrected chi connectivity index (χ4v) is 4.58. The van der Waals surface area contributed by atoms with Crippen LogP contribution < -0.4 is 19.3 Å². The lowest BCUT2D eigenvalue weighted by Gasteiger charge is -2.45. The van der Waals surface area contributed by atoms with Gasteiger partial charge in [0.25, 0.3) is 0 Å². The topological polar surface area (TPSA) is 56.5 Å². The summed E-state index contributed by atoms with van der Waals surface area (Å²) in [7, 11) is 4.18. The standard InChI is InChI=1S/C20H23N2O.C7H6O2/c1-14-18-15(11-13-21(14)4)10-12-20(23-18)19(2,3)16-8-6-7-9-17(16)22(20)5;8-7(9)6-4-2-1-3-5-6/h6-13H,1-5H3;1-5H,(H,8,9)/q+1;/p-1. The summed E-state index contributed by atoms with van der Waals surface area (Å²) in [5.74, 6) is -0.152. The van der Waals surface area contributed by atoms with E-state index in [1.165, 1.54) is 23.4 Å². The number of hydrogen-bond acceptors (Lipinski definition) is 4. The Kier molecular flexibility index (Phi) is 5.29. The van der Waals surface area contributed by atoms with Crippen molar-refractivity contribution < 1.29 is 19.2 Å². The van der Waals surface area contributed by atoms with Crippen LogP contribution in [0.1, 0.15) is 41.0 Å². The molecule has 5 nitrogen and oxygen atoms in total. The zero-order valence-corrected chi connectivity index (χ0v) is 19.1. The number of rotatable bonds is 1. The molecule has 2 aliphatic heterocycles. The molecular formula is C27H28N2O3. The molecule has 5 heteroatoms. The van der Waals surface area contributed by atoms with Crippen LogP contribution in [0.25, 0.3) is 6.08 Å². The minimum absolute atomic E-state index is 0.145. The van der Waals surface area contributed by atoms with E-state index in [4.69, 9.17) is 4.74 Å². The number of pyridine rings is 1. The monoisotopic (exact) mass is 428 g/mol. The van der Waals surface area contributed by atoms with Crippen molar-refractivity contribution in [2.24, 2.45) is 7.05 Å². The maximum atomic E-state index is 10.1. The Morgan fingerprint density at radius 3 is 2.31 bits per heavy atom. The van der Waals surface area contributed by atoms with Gasteiger partial charge in [-0.25, -0.2) is 4.57 Å². The van der Waals surface area contributed by atoms with E-state index in [-0.39, 0.29) is 11.0 Å². The predicted molar refractivity (Wildman–Crippen MR) is 123 cm³/mol. The Morgan fingerprint density at radius 2 is 1.69 bits per heavy atom. The number of carboxylic acid groups (broad SMARTS) is 1. The molecule has 3 aromatic rings. The van der Waals surface area contributed by atoms with Gasteiger partial charge in [0.1, 0.15) is 7.05 Å². The number of carbonyl (C=O) groups is 1. The molecule has 32 heavy (non-hydrogen) atoms. The van der Waals surface area contributed by atoms with Crippen LogP contribution in [0, 0.1) is 6.92 Å². The summed E-state index contributed by atoms with van der Waals surface area (Å²) in [5, 5.41) is 10.1. The summed E-state index contributed by atoms with van der Waals surface area (Å²) in [6.07, 6.45) is 6.50. The van der Waals surface area contributed by atoms with Crippen LogP contribution in [-0.4, -0.2) is 18.7 Å². The largest absolute Gasteiger partial charge is 0.545 e. The summed E-state index contributed by atoms with van der Waals surface area (Å²) in [6.45, 7) is 6.65. The molecule has 2 aromatic carbocycles. The minimum Gasteiger partial charge on any atom is -0.545 e. The first kappa shape index (κ1) is 21.6. The number of aromatic nitrogens is 1. The van der Waals surface area contributed by atoms with Crippen LogP contribution in [0.2, 0.25) is 0 Å². The first-order valence-electron chi connectivity index (χ1n) is 10.7. The highest BCUT2D eigenvalue weighted by Crippen LogP contribution is 2.54. The van der Waals surface area contributed by atoms with E-state index in [0.29, 0.717) is 0 Å². The fraction of sp³-hybridized carbons (Fsp3) is 0.259. The van der Waals surface area contributed by atoms with Crippen molar-refractivity contribution in [3.05, 3.63) is 95.3 Å². The summed E-state index contributed by atoms with van der Waals surface area (Å²) in [6, 6.07) is 18.8. The fourth-order valence-electron chi connectivity index (χ4n) is 4.58. The summed E-state index contributed by atoms with van der Waals surface area (Å²) in [5.41, 5.74) is 4.43. The number of fused-ring (bicyclic) bond motifs is 2.